The maximum absolute atomic E-state index is 11.3. The van der Waals surface area contributed by atoms with Gasteiger partial charge in [0.25, 0.3) is 0 Å². The summed E-state index contributed by atoms with van der Waals surface area (Å²) in [5.74, 6) is -1.20. The quantitative estimate of drug-likeness (QED) is 0.583. The summed E-state index contributed by atoms with van der Waals surface area (Å²) in [5, 5.41) is 15.5. The Morgan fingerprint density at radius 3 is 2.85 bits per heavy atom. The molecule has 8 nitrogen and oxygen atoms in total. The smallest absolute Gasteiger partial charge is 0.344 e. The number of urea groups is 1. The van der Waals surface area contributed by atoms with E-state index in [0.717, 1.165) is 5.01 Å². The highest BCUT2D eigenvalue weighted by molar-refractivity contribution is 6.02. The molecule has 3 amide bonds. The highest BCUT2D eigenvalue weighted by atomic mass is 16.5. The third-order valence-corrected chi connectivity index (χ3v) is 2.38. The molecule has 0 radical (unpaired) electrons. The van der Waals surface area contributed by atoms with Gasteiger partial charge in [0.15, 0.2) is 6.61 Å². The molecular weight excluding hydrogens is 266 g/mol. The number of imide groups is 1. The zero-order chi connectivity index (χ0) is 14.5. The second-order valence-corrected chi connectivity index (χ2v) is 3.88. The lowest BCUT2D eigenvalue weighted by Crippen LogP contribution is -2.24. The van der Waals surface area contributed by atoms with Gasteiger partial charge in [0, 0.05) is 5.56 Å². The molecule has 0 bridgehead atoms. The number of nitrogens with one attached hydrogen (secondary N) is 1. The van der Waals surface area contributed by atoms with Gasteiger partial charge in [-0.2, -0.15) is 5.10 Å². The molecule has 1 aromatic carbocycles. The van der Waals surface area contributed by atoms with Crippen LogP contribution in [0.25, 0.3) is 0 Å². The molecule has 8 heteroatoms. The van der Waals surface area contributed by atoms with E-state index < -0.39 is 24.5 Å². The van der Waals surface area contributed by atoms with Crippen LogP contribution >= 0.6 is 0 Å². The topological polar surface area (TPSA) is 108 Å². The predicted octanol–water partition coefficient (Wildman–Crippen LogP) is 0.0357. The van der Waals surface area contributed by atoms with Gasteiger partial charge in [-0.1, -0.05) is 12.1 Å². The van der Waals surface area contributed by atoms with Crippen LogP contribution in [0.2, 0.25) is 0 Å². The largest absolute Gasteiger partial charge is 0.481 e. The number of aliphatic carboxylic acids is 1. The minimum absolute atomic E-state index is 0.145. The van der Waals surface area contributed by atoms with E-state index in [4.69, 9.17) is 9.84 Å². The van der Waals surface area contributed by atoms with Crippen LogP contribution in [-0.4, -0.2) is 47.4 Å². The third-order valence-electron chi connectivity index (χ3n) is 2.38. The van der Waals surface area contributed by atoms with Crippen molar-refractivity contribution < 1.29 is 24.2 Å². The summed E-state index contributed by atoms with van der Waals surface area (Å²) in [6.07, 6.45) is 1.33. The molecule has 1 aromatic rings. The Labute approximate surface area is 113 Å². The Morgan fingerprint density at radius 2 is 2.20 bits per heavy atom. The van der Waals surface area contributed by atoms with Crippen molar-refractivity contribution in [1.82, 2.24) is 10.3 Å². The summed E-state index contributed by atoms with van der Waals surface area (Å²) in [4.78, 5) is 32.7. The van der Waals surface area contributed by atoms with Gasteiger partial charge in [0.05, 0.1) is 6.21 Å². The fourth-order valence-electron chi connectivity index (χ4n) is 1.51. The van der Waals surface area contributed by atoms with Gasteiger partial charge < -0.3 is 9.84 Å². The van der Waals surface area contributed by atoms with Crippen molar-refractivity contribution in [2.75, 3.05) is 13.2 Å². The van der Waals surface area contributed by atoms with Gasteiger partial charge >= 0.3 is 12.0 Å². The van der Waals surface area contributed by atoms with Crippen LogP contribution in [0.5, 0.6) is 5.75 Å². The normalized spacial score (nSPS) is 14.7. The number of hydrogen-bond acceptors (Lipinski definition) is 5. The zero-order valence-electron chi connectivity index (χ0n) is 10.3. The molecular formula is C12H11N3O5. The van der Waals surface area contributed by atoms with Crippen molar-refractivity contribution in [3.63, 3.8) is 0 Å². The maximum Gasteiger partial charge on any atom is 0.344 e. The van der Waals surface area contributed by atoms with E-state index in [1.165, 1.54) is 6.21 Å². The van der Waals surface area contributed by atoms with Crippen molar-refractivity contribution in [3.8, 4) is 5.75 Å². The summed E-state index contributed by atoms with van der Waals surface area (Å²) in [6.45, 7) is -0.624. The van der Waals surface area contributed by atoms with Crippen LogP contribution in [0.15, 0.2) is 29.4 Å². The number of carbonyl (C=O) groups excluding carboxylic acids is 2. The summed E-state index contributed by atoms with van der Waals surface area (Å²) < 4.78 is 5.08. The van der Waals surface area contributed by atoms with Gasteiger partial charge in [-0.15, -0.1) is 0 Å². The summed E-state index contributed by atoms with van der Waals surface area (Å²) in [5.41, 5.74) is 0.501. The van der Waals surface area contributed by atoms with Crippen LogP contribution in [0, 0.1) is 0 Å². The molecule has 20 heavy (non-hydrogen) atoms. The molecule has 0 atom stereocenters. The number of para-hydroxylation sites is 1. The van der Waals surface area contributed by atoms with Gasteiger partial charge in [0.1, 0.15) is 12.3 Å². The summed E-state index contributed by atoms with van der Waals surface area (Å²) in [7, 11) is 0. The number of carboxylic acid groups (broad SMARTS) is 1. The Kier molecular flexibility index (Phi) is 3.94. The third kappa shape index (κ3) is 3.31. The van der Waals surface area contributed by atoms with E-state index in [9.17, 15) is 14.4 Å². The number of carbonyl (C=O) groups is 3. The molecule has 1 fully saturated rings. The Hall–Kier alpha value is -2.90. The molecule has 0 spiro atoms. The molecule has 1 aliphatic heterocycles. The van der Waals surface area contributed by atoms with E-state index in [1.54, 1.807) is 24.3 Å². The molecule has 2 N–H and O–H groups in total. The lowest BCUT2D eigenvalue weighted by atomic mass is 10.2. The number of nitrogens with zero attached hydrogens (tertiary/aromatic N) is 2. The van der Waals surface area contributed by atoms with Crippen LogP contribution in [0.3, 0.4) is 0 Å². The van der Waals surface area contributed by atoms with Crippen molar-refractivity contribution in [3.05, 3.63) is 29.8 Å². The number of amides is 3. The van der Waals surface area contributed by atoms with E-state index in [-0.39, 0.29) is 6.54 Å². The van der Waals surface area contributed by atoms with Gasteiger partial charge in [-0.25, -0.2) is 14.6 Å². The van der Waals surface area contributed by atoms with E-state index in [2.05, 4.69) is 10.4 Å². The fourth-order valence-corrected chi connectivity index (χ4v) is 1.51. The Bertz CT molecular complexity index is 584. The number of carboxylic acids is 1. The fraction of sp³-hybridized carbons (Fsp3) is 0.167. The number of hydrazone groups is 1. The average Bonchev–Trinajstić information content (AvgIpc) is 2.73. The number of ether oxygens (including phenoxy) is 1. The second kappa shape index (κ2) is 5.83. The van der Waals surface area contributed by atoms with E-state index in [1.807, 2.05) is 0 Å². The molecule has 0 unspecified atom stereocenters. The molecule has 0 aliphatic carbocycles. The predicted molar refractivity (Wildman–Crippen MR) is 67.4 cm³/mol. The van der Waals surface area contributed by atoms with Crippen LogP contribution in [-0.2, 0) is 9.59 Å². The first-order chi connectivity index (χ1) is 9.56. The number of benzene rings is 1. The number of rotatable bonds is 5. The van der Waals surface area contributed by atoms with Gasteiger partial charge in [0.2, 0.25) is 5.91 Å². The molecule has 0 aromatic heterocycles. The Balaban J connectivity index is 2.10. The highest BCUT2D eigenvalue weighted by Crippen LogP contribution is 2.16. The minimum Gasteiger partial charge on any atom is -0.481 e. The average molecular weight is 277 g/mol. The minimum atomic E-state index is -1.10. The van der Waals surface area contributed by atoms with Gasteiger partial charge in [-0.05, 0) is 12.1 Å². The summed E-state index contributed by atoms with van der Waals surface area (Å²) >= 11 is 0. The van der Waals surface area contributed by atoms with Crippen LogP contribution in [0.4, 0.5) is 4.79 Å². The molecule has 0 saturated carbocycles. The maximum atomic E-state index is 11.3. The van der Waals surface area contributed by atoms with Crippen molar-refractivity contribution in [2.24, 2.45) is 5.10 Å². The summed E-state index contributed by atoms with van der Waals surface area (Å²) in [6, 6.07) is 6.02. The lowest BCUT2D eigenvalue weighted by molar-refractivity contribution is -0.139. The lowest BCUT2D eigenvalue weighted by Gasteiger charge is -2.08. The van der Waals surface area contributed by atoms with Crippen LogP contribution in [0.1, 0.15) is 5.56 Å². The number of hydrogen-bond donors (Lipinski definition) is 2. The van der Waals surface area contributed by atoms with Gasteiger partial charge in [-0.3, -0.25) is 10.1 Å². The van der Waals surface area contributed by atoms with Crippen molar-refractivity contribution in [1.29, 1.82) is 0 Å². The van der Waals surface area contributed by atoms with E-state index in [0.29, 0.717) is 11.3 Å². The molecule has 1 aliphatic rings. The Morgan fingerprint density at radius 1 is 1.45 bits per heavy atom. The first-order valence-electron chi connectivity index (χ1n) is 5.65. The molecule has 1 heterocycles. The van der Waals surface area contributed by atoms with Crippen molar-refractivity contribution >= 4 is 24.1 Å². The second-order valence-electron chi connectivity index (χ2n) is 3.88. The zero-order valence-corrected chi connectivity index (χ0v) is 10.3. The first kappa shape index (κ1) is 13.5. The first-order valence-corrected chi connectivity index (χ1v) is 5.65. The molecule has 104 valence electrons. The molecule has 1 saturated heterocycles. The van der Waals surface area contributed by atoms with E-state index >= 15 is 0 Å². The molecule has 2 rings (SSSR count). The highest BCUT2D eigenvalue weighted by Gasteiger charge is 2.25. The van der Waals surface area contributed by atoms with Crippen molar-refractivity contribution in [2.45, 2.75) is 0 Å². The SMILES string of the molecule is O=C(O)COc1ccccc1/C=N/N1CC(=O)NC1=O. The standard InChI is InChI=1S/C12H11N3O5/c16-10-6-15(12(19)14-10)13-5-8-3-1-2-4-9(8)20-7-11(17)18/h1-5H,6-7H2,(H,17,18)(H,14,16,19)/b13-5+. The monoisotopic (exact) mass is 277 g/mol. The van der Waals surface area contributed by atoms with Crippen LogP contribution < -0.4 is 10.1 Å².